The van der Waals surface area contributed by atoms with Gasteiger partial charge in [-0.05, 0) is 24.8 Å². The lowest BCUT2D eigenvalue weighted by Gasteiger charge is -2.30. The van der Waals surface area contributed by atoms with E-state index in [0.29, 0.717) is 10.9 Å². The molecule has 0 amide bonds. The maximum Gasteiger partial charge on any atom is 0.129 e. The average molecular weight is 315 g/mol. The molecule has 1 saturated carbocycles. The first kappa shape index (κ1) is 14.0. The minimum absolute atomic E-state index is 0.175. The van der Waals surface area contributed by atoms with E-state index in [1.54, 1.807) is 6.07 Å². The van der Waals surface area contributed by atoms with Crippen molar-refractivity contribution in [1.82, 2.24) is 0 Å². The van der Waals surface area contributed by atoms with Gasteiger partial charge in [-0.2, -0.15) is 0 Å². The topological polar surface area (TPSA) is 9.23 Å². The Labute approximate surface area is 117 Å². The number of rotatable bonds is 4. The summed E-state index contributed by atoms with van der Waals surface area (Å²) in [6.07, 6.45) is 4.80. The van der Waals surface area contributed by atoms with Crippen LogP contribution in [0.25, 0.3) is 0 Å². The molecule has 3 heteroatoms. The van der Waals surface area contributed by atoms with Crippen LogP contribution < -0.4 is 0 Å². The Kier molecular flexibility index (Phi) is 5.19. The minimum Gasteiger partial charge on any atom is -0.369 e. The fourth-order valence-corrected chi connectivity index (χ4v) is 3.16. The third kappa shape index (κ3) is 3.55. The highest BCUT2D eigenvalue weighted by molar-refractivity contribution is 9.09. The van der Waals surface area contributed by atoms with Gasteiger partial charge in [-0.25, -0.2) is 4.39 Å². The largest absolute Gasteiger partial charge is 0.369 e. The van der Waals surface area contributed by atoms with E-state index >= 15 is 0 Å². The Balaban J connectivity index is 2.03. The van der Waals surface area contributed by atoms with Crippen LogP contribution in [-0.2, 0) is 4.74 Å². The molecule has 0 heterocycles. The Hall–Kier alpha value is -0.410. The second-order valence-corrected chi connectivity index (χ2v) is 5.84. The Morgan fingerprint density at radius 1 is 1.39 bits per heavy atom. The molecule has 100 valence electrons. The Morgan fingerprint density at radius 3 is 2.83 bits per heavy atom. The van der Waals surface area contributed by atoms with E-state index in [0.717, 1.165) is 18.8 Å². The first-order valence-electron chi connectivity index (χ1n) is 6.66. The second-order valence-electron chi connectivity index (χ2n) is 5.19. The quantitative estimate of drug-likeness (QED) is 0.721. The molecule has 1 aliphatic carbocycles. The summed E-state index contributed by atoms with van der Waals surface area (Å²) in [5.41, 5.74) is 0.660. The molecule has 0 bridgehead atoms. The predicted octanol–water partition coefficient (Wildman–Crippen LogP) is 4.86. The van der Waals surface area contributed by atoms with E-state index in [-0.39, 0.29) is 18.0 Å². The van der Waals surface area contributed by atoms with Gasteiger partial charge in [0.25, 0.3) is 0 Å². The highest BCUT2D eigenvalue weighted by atomic mass is 79.9. The van der Waals surface area contributed by atoms with Gasteiger partial charge in [0, 0.05) is 10.9 Å². The van der Waals surface area contributed by atoms with Gasteiger partial charge in [0.15, 0.2) is 0 Å². The molecule has 18 heavy (non-hydrogen) atoms. The fraction of sp³-hybridized carbons (Fsp3) is 0.600. The lowest BCUT2D eigenvalue weighted by molar-refractivity contribution is -0.0303. The molecule has 0 aromatic heterocycles. The SMILES string of the molecule is CC1CCCC(OC(CBr)c2ccccc2F)C1. The molecule has 1 nitrogen and oxygen atoms in total. The Morgan fingerprint density at radius 2 is 2.17 bits per heavy atom. The summed E-state index contributed by atoms with van der Waals surface area (Å²) in [4.78, 5) is 0. The molecular weight excluding hydrogens is 295 g/mol. The highest BCUT2D eigenvalue weighted by Gasteiger charge is 2.24. The summed E-state index contributed by atoms with van der Waals surface area (Å²) in [6.45, 7) is 2.27. The fourth-order valence-electron chi connectivity index (χ4n) is 2.66. The molecule has 0 saturated heterocycles. The van der Waals surface area contributed by atoms with Crippen molar-refractivity contribution in [2.24, 2.45) is 5.92 Å². The average Bonchev–Trinajstić information content (AvgIpc) is 2.37. The van der Waals surface area contributed by atoms with Crippen molar-refractivity contribution in [2.45, 2.75) is 44.8 Å². The number of alkyl halides is 1. The van der Waals surface area contributed by atoms with Gasteiger partial charge in [-0.3, -0.25) is 0 Å². The van der Waals surface area contributed by atoms with Crippen molar-refractivity contribution in [2.75, 3.05) is 5.33 Å². The molecule has 1 aliphatic rings. The summed E-state index contributed by atoms with van der Waals surface area (Å²) >= 11 is 3.44. The highest BCUT2D eigenvalue weighted by Crippen LogP contribution is 2.31. The number of hydrogen-bond acceptors (Lipinski definition) is 1. The van der Waals surface area contributed by atoms with Crippen LogP contribution in [-0.4, -0.2) is 11.4 Å². The summed E-state index contributed by atoms with van der Waals surface area (Å²) in [7, 11) is 0. The second kappa shape index (κ2) is 6.67. The molecule has 2 rings (SSSR count). The van der Waals surface area contributed by atoms with Crippen molar-refractivity contribution in [3.63, 3.8) is 0 Å². The van der Waals surface area contributed by atoms with Gasteiger partial charge in [-0.1, -0.05) is 53.9 Å². The zero-order chi connectivity index (χ0) is 13.0. The number of benzene rings is 1. The monoisotopic (exact) mass is 314 g/mol. The zero-order valence-electron chi connectivity index (χ0n) is 10.7. The number of halogens is 2. The van der Waals surface area contributed by atoms with Gasteiger partial charge in [0.2, 0.25) is 0 Å². The molecule has 0 N–H and O–H groups in total. The van der Waals surface area contributed by atoms with E-state index in [4.69, 9.17) is 4.74 Å². The summed E-state index contributed by atoms with van der Waals surface area (Å²) < 4.78 is 19.8. The molecule has 1 fully saturated rings. The van der Waals surface area contributed by atoms with Crippen LogP contribution in [0, 0.1) is 11.7 Å². The van der Waals surface area contributed by atoms with Gasteiger partial charge in [0.05, 0.1) is 12.2 Å². The lowest BCUT2D eigenvalue weighted by atomic mass is 9.88. The molecule has 3 atom stereocenters. The van der Waals surface area contributed by atoms with E-state index in [2.05, 4.69) is 22.9 Å². The number of ether oxygens (including phenoxy) is 1. The van der Waals surface area contributed by atoms with Crippen LogP contribution in [0.4, 0.5) is 4.39 Å². The van der Waals surface area contributed by atoms with Gasteiger partial charge < -0.3 is 4.74 Å². The number of hydrogen-bond donors (Lipinski definition) is 0. The van der Waals surface area contributed by atoms with E-state index in [1.807, 2.05) is 12.1 Å². The molecule has 0 radical (unpaired) electrons. The predicted molar refractivity (Wildman–Crippen MR) is 75.4 cm³/mol. The third-order valence-electron chi connectivity index (χ3n) is 3.64. The molecule has 0 aliphatic heterocycles. The van der Waals surface area contributed by atoms with Crippen LogP contribution in [0.2, 0.25) is 0 Å². The molecule has 0 spiro atoms. The maximum absolute atomic E-state index is 13.8. The summed E-state index contributed by atoms with van der Waals surface area (Å²) in [6, 6.07) is 6.89. The van der Waals surface area contributed by atoms with Crippen molar-refractivity contribution in [3.05, 3.63) is 35.6 Å². The molecule has 1 aromatic rings. The zero-order valence-corrected chi connectivity index (χ0v) is 12.3. The standard InChI is InChI=1S/C15H20BrFO/c1-11-5-4-6-12(9-11)18-15(10-16)13-7-2-3-8-14(13)17/h2-3,7-8,11-12,15H,4-6,9-10H2,1H3. The van der Waals surface area contributed by atoms with Crippen molar-refractivity contribution >= 4 is 15.9 Å². The van der Waals surface area contributed by atoms with Crippen LogP contribution in [0.15, 0.2) is 24.3 Å². The van der Waals surface area contributed by atoms with Crippen molar-refractivity contribution in [1.29, 1.82) is 0 Å². The smallest absolute Gasteiger partial charge is 0.129 e. The molecule has 3 unspecified atom stereocenters. The van der Waals surface area contributed by atoms with Gasteiger partial charge >= 0.3 is 0 Å². The lowest BCUT2D eigenvalue weighted by Crippen LogP contribution is -2.24. The van der Waals surface area contributed by atoms with Crippen molar-refractivity contribution in [3.8, 4) is 0 Å². The van der Waals surface area contributed by atoms with E-state index in [9.17, 15) is 4.39 Å². The Bertz CT molecular complexity index is 383. The third-order valence-corrected chi connectivity index (χ3v) is 4.23. The van der Waals surface area contributed by atoms with E-state index < -0.39 is 0 Å². The van der Waals surface area contributed by atoms with Crippen LogP contribution >= 0.6 is 15.9 Å². The molecular formula is C15H20BrFO. The van der Waals surface area contributed by atoms with Crippen LogP contribution in [0.1, 0.15) is 44.3 Å². The van der Waals surface area contributed by atoms with Crippen LogP contribution in [0.5, 0.6) is 0 Å². The van der Waals surface area contributed by atoms with Crippen molar-refractivity contribution < 1.29 is 9.13 Å². The maximum atomic E-state index is 13.8. The minimum atomic E-state index is -0.179. The summed E-state index contributed by atoms with van der Waals surface area (Å²) in [5.74, 6) is 0.547. The first-order chi connectivity index (χ1) is 8.70. The summed E-state index contributed by atoms with van der Waals surface area (Å²) in [5, 5.41) is 0.638. The first-order valence-corrected chi connectivity index (χ1v) is 7.78. The molecule has 1 aromatic carbocycles. The van der Waals surface area contributed by atoms with E-state index in [1.165, 1.54) is 18.9 Å². The normalized spacial score (nSPS) is 25.9. The van der Waals surface area contributed by atoms with Crippen LogP contribution in [0.3, 0.4) is 0 Å². The van der Waals surface area contributed by atoms with Gasteiger partial charge in [0.1, 0.15) is 5.82 Å². The van der Waals surface area contributed by atoms with Gasteiger partial charge in [-0.15, -0.1) is 0 Å².